The van der Waals surface area contributed by atoms with E-state index in [2.05, 4.69) is 79.1 Å². The fourth-order valence-electron chi connectivity index (χ4n) is 1.84. The lowest BCUT2D eigenvalue weighted by Gasteiger charge is -2.29. The molecule has 0 aliphatic heterocycles. The number of nitrogens with one attached hydrogen (secondary N) is 1. The third-order valence-corrected chi connectivity index (χ3v) is 3.87. The number of benzene rings is 1. The SMILES string of the molecule is CCC(C)N(C)c1cc(Br)ccc1CNC(C)C. The van der Waals surface area contributed by atoms with Crippen LogP contribution in [0.25, 0.3) is 0 Å². The first-order valence-corrected chi connectivity index (χ1v) is 7.49. The fraction of sp³-hybridized carbons (Fsp3) is 0.600. The number of rotatable bonds is 6. The molecule has 1 unspecified atom stereocenters. The predicted octanol–water partition coefficient (Wildman–Crippen LogP) is 4.18. The smallest absolute Gasteiger partial charge is 0.0422 e. The van der Waals surface area contributed by atoms with Crippen LogP contribution in [0.15, 0.2) is 22.7 Å². The summed E-state index contributed by atoms with van der Waals surface area (Å²) < 4.78 is 1.14. The largest absolute Gasteiger partial charge is 0.372 e. The van der Waals surface area contributed by atoms with Crippen LogP contribution in [0.4, 0.5) is 5.69 Å². The Bertz CT molecular complexity index is 377. The Morgan fingerprint density at radius 2 is 1.94 bits per heavy atom. The Kier molecular flexibility index (Phi) is 6.16. The van der Waals surface area contributed by atoms with Gasteiger partial charge in [0.25, 0.3) is 0 Å². The van der Waals surface area contributed by atoms with Crippen molar-refractivity contribution in [1.82, 2.24) is 5.32 Å². The standard InChI is InChI=1S/C15H25BrN2/c1-6-12(4)18(5)15-9-14(16)8-7-13(15)10-17-11(2)3/h7-9,11-12,17H,6,10H2,1-5H3. The van der Waals surface area contributed by atoms with Crippen molar-refractivity contribution in [2.24, 2.45) is 0 Å². The Balaban J connectivity index is 2.95. The molecule has 0 bridgehead atoms. The van der Waals surface area contributed by atoms with Gasteiger partial charge in [-0.15, -0.1) is 0 Å². The maximum Gasteiger partial charge on any atom is 0.0422 e. The number of halogens is 1. The van der Waals surface area contributed by atoms with Crippen LogP contribution in [-0.2, 0) is 6.54 Å². The summed E-state index contributed by atoms with van der Waals surface area (Å²) in [6.45, 7) is 9.76. The van der Waals surface area contributed by atoms with Crippen molar-refractivity contribution in [3.05, 3.63) is 28.2 Å². The maximum atomic E-state index is 3.57. The van der Waals surface area contributed by atoms with Crippen LogP contribution in [0, 0.1) is 0 Å². The van der Waals surface area contributed by atoms with Crippen LogP contribution in [0.1, 0.15) is 39.7 Å². The van der Waals surface area contributed by atoms with Gasteiger partial charge in [0.1, 0.15) is 0 Å². The first-order chi connectivity index (χ1) is 8.45. The van der Waals surface area contributed by atoms with Gasteiger partial charge in [0.05, 0.1) is 0 Å². The fourth-order valence-corrected chi connectivity index (χ4v) is 2.19. The lowest BCUT2D eigenvalue weighted by molar-refractivity contribution is 0.585. The summed E-state index contributed by atoms with van der Waals surface area (Å²) >= 11 is 3.57. The number of hydrogen-bond acceptors (Lipinski definition) is 2. The monoisotopic (exact) mass is 312 g/mol. The highest BCUT2D eigenvalue weighted by Gasteiger charge is 2.12. The molecule has 0 fully saturated rings. The van der Waals surface area contributed by atoms with Crippen LogP contribution >= 0.6 is 15.9 Å². The van der Waals surface area contributed by atoms with Gasteiger partial charge in [-0.05, 0) is 31.0 Å². The second kappa shape index (κ2) is 7.15. The van der Waals surface area contributed by atoms with Crippen molar-refractivity contribution in [1.29, 1.82) is 0 Å². The van der Waals surface area contributed by atoms with Gasteiger partial charge >= 0.3 is 0 Å². The highest BCUT2D eigenvalue weighted by Crippen LogP contribution is 2.26. The lowest BCUT2D eigenvalue weighted by atomic mass is 10.1. The van der Waals surface area contributed by atoms with Gasteiger partial charge in [-0.25, -0.2) is 0 Å². The first kappa shape index (κ1) is 15.5. The Morgan fingerprint density at radius 3 is 2.50 bits per heavy atom. The van der Waals surface area contributed by atoms with Gasteiger partial charge in [-0.1, -0.05) is 42.8 Å². The summed E-state index contributed by atoms with van der Waals surface area (Å²) in [7, 11) is 2.18. The van der Waals surface area contributed by atoms with E-state index in [4.69, 9.17) is 0 Å². The van der Waals surface area contributed by atoms with Gasteiger partial charge in [0.2, 0.25) is 0 Å². The number of hydrogen-bond donors (Lipinski definition) is 1. The molecule has 18 heavy (non-hydrogen) atoms. The van der Waals surface area contributed by atoms with Crippen molar-refractivity contribution in [2.75, 3.05) is 11.9 Å². The molecule has 0 amide bonds. The van der Waals surface area contributed by atoms with E-state index in [1.165, 1.54) is 11.3 Å². The molecule has 0 heterocycles. The van der Waals surface area contributed by atoms with E-state index in [1.54, 1.807) is 0 Å². The summed E-state index contributed by atoms with van der Waals surface area (Å²) in [6, 6.07) is 7.59. The zero-order chi connectivity index (χ0) is 13.7. The molecule has 0 radical (unpaired) electrons. The molecule has 1 atom stereocenters. The van der Waals surface area contributed by atoms with Gasteiger partial charge < -0.3 is 10.2 Å². The minimum absolute atomic E-state index is 0.510. The van der Waals surface area contributed by atoms with Crippen molar-refractivity contribution in [3.8, 4) is 0 Å². The van der Waals surface area contributed by atoms with Gasteiger partial charge in [0, 0.05) is 35.8 Å². The lowest BCUT2D eigenvalue weighted by Crippen LogP contribution is -2.30. The average Bonchev–Trinajstić information content (AvgIpc) is 2.35. The molecule has 1 aromatic rings. The molecule has 0 aliphatic carbocycles. The first-order valence-electron chi connectivity index (χ1n) is 6.70. The molecule has 2 nitrogen and oxygen atoms in total. The van der Waals surface area contributed by atoms with Crippen LogP contribution in [0.2, 0.25) is 0 Å². The minimum Gasteiger partial charge on any atom is -0.372 e. The third kappa shape index (κ3) is 4.29. The highest BCUT2D eigenvalue weighted by atomic mass is 79.9. The average molecular weight is 313 g/mol. The summed E-state index contributed by atoms with van der Waals surface area (Å²) in [5.41, 5.74) is 2.67. The normalized spacial score (nSPS) is 12.8. The molecule has 0 spiro atoms. The Morgan fingerprint density at radius 1 is 1.28 bits per heavy atom. The van der Waals surface area contributed by atoms with E-state index in [0.29, 0.717) is 12.1 Å². The molecule has 0 aliphatic rings. The second-order valence-electron chi connectivity index (χ2n) is 5.18. The zero-order valence-electron chi connectivity index (χ0n) is 12.1. The quantitative estimate of drug-likeness (QED) is 0.847. The van der Waals surface area contributed by atoms with E-state index in [-0.39, 0.29) is 0 Å². The summed E-state index contributed by atoms with van der Waals surface area (Å²) in [5.74, 6) is 0. The van der Waals surface area contributed by atoms with Crippen LogP contribution in [0.5, 0.6) is 0 Å². The van der Waals surface area contributed by atoms with Gasteiger partial charge in [0.15, 0.2) is 0 Å². The van der Waals surface area contributed by atoms with Gasteiger partial charge in [-0.2, -0.15) is 0 Å². The zero-order valence-corrected chi connectivity index (χ0v) is 13.7. The molecule has 1 aromatic carbocycles. The van der Waals surface area contributed by atoms with Gasteiger partial charge in [-0.3, -0.25) is 0 Å². The Labute approximate surface area is 120 Å². The summed E-state index contributed by atoms with van der Waals surface area (Å²) in [4.78, 5) is 2.36. The van der Waals surface area contributed by atoms with E-state index in [9.17, 15) is 0 Å². The summed E-state index contributed by atoms with van der Waals surface area (Å²) in [6.07, 6.45) is 1.15. The van der Waals surface area contributed by atoms with Crippen LogP contribution < -0.4 is 10.2 Å². The molecular weight excluding hydrogens is 288 g/mol. The molecule has 0 saturated heterocycles. The highest BCUT2D eigenvalue weighted by molar-refractivity contribution is 9.10. The third-order valence-electron chi connectivity index (χ3n) is 3.38. The van der Waals surface area contributed by atoms with Crippen molar-refractivity contribution in [3.63, 3.8) is 0 Å². The van der Waals surface area contributed by atoms with E-state index in [1.807, 2.05) is 0 Å². The van der Waals surface area contributed by atoms with Crippen molar-refractivity contribution in [2.45, 2.75) is 52.7 Å². The van der Waals surface area contributed by atoms with E-state index in [0.717, 1.165) is 17.4 Å². The maximum absolute atomic E-state index is 3.57. The van der Waals surface area contributed by atoms with E-state index >= 15 is 0 Å². The second-order valence-corrected chi connectivity index (χ2v) is 6.09. The van der Waals surface area contributed by atoms with Crippen LogP contribution in [0.3, 0.4) is 0 Å². The minimum atomic E-state index is 0.510. The van der Waals surface area contributed by atoms with Crippen LogP contribution in [-0.4, -0.2) is 19.1 Å². The number of nitrogens with zero attached hydrogens (tertiary/aromatic N) is 1. The molecule has 102 valence electrons. The number of anilines is 1. The molecule has 1 N–H and O–H groups in total. The molecule has 0 aromatic heterocycles. The summed E-state index contributed by atoms with van der Waals surface area (Å²) in [5, 5.41) is 3.49. The molecule has 0 saturated carbocycles. The molecule has 3 heteroatoms. The molecular formula is C15H25BrN2. The Hall–Kier alpha value is -0.540. The topological polar surface area (TPSA) is 15.3 Å². The van der Waals surface area contributed by atoms with Crippen molar-refractivity contribution < 1.29 is 0 Å². The van der Waals surface area contributed by atoms with E-state index < -0.39 is 0 Å². The molecule has 1 rings (SSSR count). The van der Waals surface area contributed by atoms with Crippen molar-refractivity contribution >= 4 is 21.6 Å². The predicted molar refractivity (Wildman–Crippen MR) is 84.3 cm³/mol.